The first-order valence-corrected chi connectivity index (χ1v) is 5.97. The van der Waals surface area contributed by atoms with Crippen molar-refractivity contribution in [1.29, 1.82) is 0 Å². The first-order chi connectivity index (χ1) is 7.77. The fourth-order valence-corrected chi connectivity index (χ4v) is 1.64. The van der Waals surface area contributed by atoms with E-state index < -0.39 is 0 Å². The lowest BCUT2D eigenvalue weighted by Gasteiger charge is -2.11. The predicted octanol–water partition coefficient (Wildman–Crippen LogP) is 0.984. The van der Waals surface area contributed by atoms with Crippen molar-refractivity contribution in [2.45, 2.75) is 45.7 Å². The molecule has 0 aliphatic carbocycles. The molecule has 5 nitrogen and oxygen atoms in total. The van der Waals surface area contributed by atoms with E-state index in [4.69, 9.17) is 10.5 Å². The van der Waals surface area contributed by atoms with Gasteiger partial charge in [-0.25, -0.2) is 4.98 Å². The number of nitrogens with zero attached hydrogens (tertiary/aromatic N) is 3. The molecule has 0 fully saturated rings. The largest absolute Gasteiger partial charge is 0.382 e. The minimum atomic E-state index is 0.148. The minimum Gasteiger partial charge on any atom is -0.382 e. The average molecular weight is 226 g/mol. The first kappa shape index (κ1) is 13.1. The highest BCUT2D eigenvalue weighted by Crippen LogP contribution is 2.03. The van der Waals surface area contributed by atoms with Gasteiger partial charge in [0.25, 0.3) is 0 Å². The quantitative estimate of drug-likeness (QED) is 0.671. The van der Waals surface area contributed by atoms with Crippen LogP contribution in [0.5, 0.6) is 0 Å². The molecule has 1 rings (SSSR count). The van der Waals surface area contributed by atoms with E-state index in [1.54, 1.807) is 6.33 Å². The van der Waals surface area contributed by atoms with Crippen LogP contribution in [-0.4, -0.2) is 34.0 Å². The molecule has 0 aromatic carbocycles. The third-order valence-electron chi connectivity index (χ3n) is 2.51. The van der Waals surface area contributed by atoms with Gasteiger partial charge in [0, 0.05) is 32.2 Å². The molecule has 0 aliphatic heterocycles. The summed E-state index contributed by atoms with van der Waals surface area (Å²) >= 11 is 0. The number of rotatable bonds is 8. The summed E-state index contributed by atoms with van der Waals surface area (Å²) in [6, 6.07) is 0.148. The number of aryl methyl sites for hydroxylation is 1. The maximum absolute atomic E-state index is 6.03. The summed E-state index contributed by atoms with van der Waals surface area (Å²) in [6.45, 7) is 6.48. The number of nitrogens with two attached hydrogens (primary N) is 1. The van der Waals surface area contributed by atoms with Crippen LogP contribution in [0, 0.1) is 0 Å². The summed E-state index contributed by atoms with van der Waals surface area (Å²) in [5.74, 6) is 0.978. The van der Waals surface area contributed by atoms with Gasteiger partial charge in [0.15, 0.2) is 0 Å². The molecule has 0 saturated carbocycles. The predicted molar refractivity (Wildman–Crippen MR) is 63.1 cm³/mol. The molecule has 0 saturated heterocycles. The van der Waals surface area contributed by atoms with Gasteiger partial charge in [-0.2, -0.15) is 5.10 Å². The van der Waals surface area contributed by atoms with Crippen LogP contribution in [0.15, 0.2) is 6.33 Å². The van der Waals surface area contributed by atoms with Crippen LogP contribution >= 0.6 is 0 Å². The zero-order chi connectivity index (χ0) is 11.8. The van der Waals surface area contributed by atoms with E-state index in [2.05, 4.69) is 17.0 Å². The lowest BCUT2D eigenvalue weighted by atomic mass is 10.1. The van der Waals surface area contributed by atoms with Crippen molar-refractivity contribution in [3.05, 3.63) is 12.2 Å². The van der Waals surface area contributed by atoms with Gasteiger partial charge in [-0.1, -0.05) is 0 Å². The second-order valence-corrected chi connectivity index (χ2v) is 3.80. The average Bonchev–Trinajstić information content (AvgIpc) is 2.71. The SMILES string of the molecule is CCOCCCC(N)Cc1ncnn1CC. The van der Waals surface area contributed by atoms with Crippen LogP contribution in [0.2, 0.25) is 0 Å². The van der Waals surface area contributed by atoms with Crippen molar-refractivity contribution in [2.75, 3.05) is 13.2 Å². The van der Waals surface area contributed by atoms with Gasteiger partial charge in [-0.3, -0.25) is 4.68 Å². The number of aromatic nitrogens is 3. The third kappa shape index (κ3) is 4.28. The summed E-state index contributed by atoms with van der Waals surface area (Å²) in [5.41, 5.74) is 6.03. The highest BCUT2D eigenvalue weighted by Gasteiger charge is 2.08. The van der Waals surface area contributed by atoms with Gasteiger partial charge in [0.1, 0.15) is 12.2 Å². The van der Waals surface area contributed by atoms with Crippen LogP contribution in [-0.2, 0) is 17.7 Å². The summed E-state index contributed by atoms with van der Waals surface area (Å²) < 4.78 is 7.17. The molecule has 0 bridgehead atoms. The summed E-state index contributed by atoms with van der Waals surface area (Å²) in [4.78, 5) is 4.21. The van der Waals surface area contributed by atoms with E-state index in [1.807, 2.05) is 11.6 Å². The Labute approximate surface area is 97.0 Å². The summed E-state index contributed by atoms with van der Waals surface area (Å²) in [6.07, 6.45) is 4.36. The second-order valence-electron chi connectivity index (χ2n) is 3.80. The molecule has 0 amide bonds. The van der Waals surface area contributed by atoms with Gasteiger partial charge in [-0.15, -0.1) is 0 Å². The van der Waals surface area contributed by atoms with Crippen LogP contribution < -0.4 is 5.73 Å². The second kappa shape index (κ2) is 7.35. The fraction of sp³-hybridized carbons (Fsp3) is 0.818. The van der Waals surface area contributed by atoms with E-state index in [-0.39, 0.29) is 6.04 Å². The Morgan fingerprint density at radius 2 is 2.31 bits per heavy atom. The zero-order valence-corrected chi connectivity index (χ0v) is 10.2. The van der Waals surface area contributed by atoms with E-state index in [9.17, 15) is 0 Å². The van der Waals surface area contributed by atoms with Gasteiger partial charge < -0.3 is 10.5 Å². The molecule has 5 heteroatoms. The van der Waals surface area contributed by atoms with Crippen molar-refractivity contribution in [3.8, 4) is 0 Å². The molecule has 92 valence electrons. The van der Waals surface area contributed by atoms with Crippen LogP contribution in [0.3, 0.4) is 0 Å². The van der Waals surface area contributed by atoms with Crippen LogP contribution in [0.1, 0.15) is 32.5 Å². The monoisotopic (exact) mass is 226 g/mol. The molecular formula is C11H22N4O. The van der Waals surface area contributed by atoms with Crippen molar-refractivity contribution in [2.24, 2.45) is 5.73 Å². The molecule has 1 aromatic heterocycles. The Morgan fingerprint density at radius 1 is 1.50 bits per heavy atom. The Kier molecular flexibility index (Phi) is 6.03. The summed E-state index contributed by atoms with van der Waals surface area (Å²) in [7, 11) is 0. The van der Waals surface area contributed by atoms with E-state index in [0.717, 1.165) is 44.8 Å². The van der Waals surface area contributed by atoms with Crippen molar-refractivity contribution in [1.82, 2.24) is 14.8 Å². The summed E-state index contributed by atoms with van der Waals surface area (Å²) in [5, 5.41) is 4.12. The molecule has 1 unspecified atom stereocenters. The van der Waals surface area contributed by atoms with Gasteiger partial charge in [-0.05, 0) is 26.7 Å². The Balaban J connectivity index is 2.25. The van der Waals surface area contributed by atoms with Crippen molar-refractivity contribution in [3.63, 3.8) is 0 Å². The molecule has 0 spiro atoms. The molecular weight excluding hydrogens is 204 g/mol. The Morgan fingerprint density at radius 3 is 3.00 bits per heavy atom. The topological polar surface area (TPSA) is 66.0 Å². The fourth-order valence-electron chi connectivity index (χ4n) is 1.64. The van der Waals surface area contributed by atoms with Crippen molar-refractivity contribution >= 4 is 0 Å². The van der Waals surface area contributed by atoms with E-state index in [0.29, 0.717) is 0 Å². The number of hydrogen-bond acceptors (Lipinski definition) is 4. The van der Waals surface area contributed by atoms with E-state index in [1.165, 1.54) is 0 Å². The molecule has 1 heterocycles. The highest BCUT2D eigenvalue weighted by molar-refractivity contribution is 4.88. The van der Waals surface area contributed by atoms with E-state index >= 15 is 0 Å². The number of hydrogen-bond donors (Lipinski definition) is 1. The zero-order valence-electron chi connectivity index (χ0n) is 10.2. The lowest BCUT2D eigenvalue weighted by Crippen LogP contribution is -2.25. The third-order valence-corrected chi connectivity index (χ3v) is 2.51. The maximum Gasteiger partial charge on any atom is 0.138 e. The number of ether oxygens (including phenoxy) is 1. The van der Waals surface area contributed by atoms with Gasteiger partial charge in [0.05, 0.1) is 0 Å². The molecule has 0 aliphatic rings. The molecule has 1 atom stereocenters. The molecule has 2 N–H and O–H groups in total. The molecule has 0 radical (unpaired) electrons. The first-order valence-electron chi connectivity index (χ1n) is 5.97. The van der Waals surface area contributed by atoms with Crippen molar-refractivity contribution < 1.29 is 4.74 Å². The smallest absolute Gasteiger partial charge is 0.138 e. The van der Waals surface area contributed by atoms with Crippen LogP contribution in [0.4, 0.5) is 0 Å². The Hall–Kier alpha value is -0.940. The van der Waals surface area contributed by atoms with Gasteiger partial charge in [0.2, 0.25) is 0 Å². The minimum absolute atomic E-state index is 0.148. The normalized spacial score (nSPS) is 12.9. The van der Waals surface area contributed by atoms with Crippen LogP contribution in [0.25, 0.3) is 0 Å². The lowest BCUT2D eigenvalue weighted by molar-refractivity contribution is 0.142. The standard InChI is InChI=1S/C11H22N4O/c1-3-15-11(13-9-14-15)8-10(12)6-5-7-16-4-2/h9-10H,3-8,12H2,1-2H3. The molecule has 16 heavy (non-hydrogen) atoms. The Bertz CT molecular complexity index is 287. The highest BCUT2D eigenvalue weighted by atomic mass is 16.5. The maximum atomic E-state index is 6.03. The van der Waals surface area contributed by atoms with Gasteiger partial charge >= 0.3 is 0 Å². The molecule has 1 aromatic rings.